The Morgan fingerprint density at radius 3 is 2.79 bits per heavy atom. The molecule has 0 saturated heterocycles. The molecule has 2 rings (SSSR count). The van der Waals surface area contributed by atoms with E-state index in [0.717, 1.165) is 19.3 Å². The highest BCUT2D eigenvalue weighted by Crippen LogP contribution is 2.28. The van der Waals surface area contributed by atoms with E-state index in [4.69, 9.17) is 22.4 Å². The highest BCUT2D eigenvalue weighted by molar-refractivity contribution is 6.31. The topological polar surface area (TPSA) is 66.6 Å². The predicted octanol–water partition coefficient (Wildman–Crippen LogP) is 2.30. The summed E-state index contributed by atoms with van der Waals surface area (Å²) in [5, 5.41) is 9.46. The number of carbonyl (C=O) groups is 1. The van der Waals surface area contributed by atoms with Gasteiger partial charge in [0.25, 0.3) is 5.91 Å². The van der Waals surface area contributed by atoms with E-state index in [-0.39, 0.29) is 18.6 Å². The lowest BCUT2D eigenvalue weighted by atomic mass is 9.90. The summed E-state index contributed by atoms with van der Waals surface area (Å²) in [6.07, 6.45) is 3.79. The summed E-state index contributed by atoms with van der Waals surface area (Å²) < 4.78 is 0. The molecular weight excluding hydrogens is 264 g/mol. The lowest BCUT2D eigenvalue weighted by molar-refractivity contribution is 0.0563. The van der Waals surface area contributed by atoms with Crippen molar-refractivity contribution in [3.63, 3.8) is 0 Å². The van der Waals surface area contributed by atoms with Crippen LogP contribution in [0.3, 0.4) is 0 Å². The van der Waals surface area contributed by atoms with Crippen molar-refractivity contribution in [3.05, 3.63) is 28.8 Å². The predicted molar refractivity (Wildman–Crippen MR) is 76.2 cm³/mol. The van der Waals surface area contributed by atoms with Crippen molar-refractivity contribution < 1.29 is 9.90 Å². The molecule has 0 bridgehead atoms. The molecule has 4 nitrogen and oxygen atoms in total. The molecule has 1 aliphatic carbocycles. The van der Waals surface area contributed by atoms with Gasteiger partial charge in [0.05, 0.1) is 5.56 Å². The Bertz CT molecular complexity index is 461. The van der Waals surface area contributed by atoms with E-state index in [1.54, 1.807) is 18.2 Å². The maximum absolute atomic E-state index is 12.6. The smallest absolute Gasteiger partial charge is 0.256 e. The van der Waals surface area contributed by atoms with Crippen molar-refractivity contribution in [2.75, 3.05) is 18.9 Å². The molecule has 0 radical (unpaired) electrons. The number of anilines is 1. The fourth-order valence-electron chi connectivity index (χ4n) is 2.26. The Morgan fingerprint density at radius 2 is 2.21 bits per heavy atom. The zero-order chi connectivity index (χ0) is 13.8. The monoisotopic (exact) mass is 282 g/mol. The van der Waals surface area contributed by atoms with Crippen molar-refractivity contribution in [2.24, 2.45) is 0 Å². The number of benzene rings is 1. The Balaban J connectivity index is 2.19. The average Bonchev–Trinajstić information content (AvgIpc) is 2.34. The SMILES string of the molecule is Nc1ccc(Cl)cc1C(=O)N(CCCO)C1CCC1. The third kappa shape index (κ3) is 3.19. The highest BCUT2D eigenvalue weighted by atomic mass is 35.5. The highest BCUT2D eigenvalue weighted by Gasteiger charge is 2.29. The van der Waals surface area contributed by atoms with Gasteiger partial charge in [-0.1, -0.05) is 11.6 Å². The number of nitrogens with zero attached hydrogens (tertiary/aromatic N) is 1. The van der Waals surface area contributed by atoms with Gasteiger partial charge in [-0.05, 0) is 43.9 Å². The molecule has 1 aromatic rings. The molecule has 1 aliphatic rings. The van der Waals surface area contributed by atoms with Gasteiger partial charge in [-0.25, -0.2) is 0 Å². The number of hydrogen-bond donors (Lipinski definition) is 2. The second-order valence-electron chi connectivity index (χ2n) is 4.89. The number of aliphatic hydroxyl groups excluding tert-OH is 1. The fraction of sp³-hybridized carbons (Fsp3) is 0.500. The third-order valence-electron chi connectivity index (χ3n) is 3.58. The molecular formula is C14H19ClN2O2. The van der Waals surface area contributed by atoms with Gasteiger partial charge >= 0.3 is 0 Å². The number of carbonyl (C=O) groups excluding carboxylic acids is 1. The summed E-state index contributed by atoms with van der Waals surface area (Å²) in [5.41, 5.74) is 6.76. The standard InChI is InChI=1S/C14H19ClN2O2/c15-10-5-6-13(16)12(9-10)14(19)17(7-2-8-18)11-3-1-4-11/h5-6,9,11,18H,1-4,7-8,16H2. The second-order valence-corrected chi connectivity index (χ2v) is 5.33. The zero-order valence-corrected chi connectivity index (χ0v) is 11.6. The Morgan fingerprint density at radius 1 is 1.47 bits per heavy atom. The third-order valence-corrected chi connectivity index (χ3v) is 3.81. The number of nitrogens with two attached hydrogens (primary N) is 1. The number of hydrogen-bond acceptors (Lipinski definition) is 3. The minimum Gasteiger partial charge on any atom is -0.398 e. The molecule has 104 valence electrons. The van der Waals surface area contributed by atoms with E-state index in [9.17, 15) is 4.79 Å². The molecule has 0 aromatic heterocycles. The van der Waals surface area contributed by atoms with E-state index < -0.39 is 0 Å². The number of nitrogen functional groups attached to an aromatic ring is 1. The molecule has 0 atom stereocenters. The first kappa shape index (κ1) is 14.2. The lowest BCUT2D eigenvalue weighted by Gasteiger charge is -2.37. The first-order valence-electron chi connectivity index (χ1n) is 6.60. The molecule has 1 saturated carbocycles. The van der Waals surface area contributed by atoms with E-state index in [2.05, 4.69) is 0 Å². The van der Waals surface area contributed by atoms with E-state index in [0.29, 0.717) is 29.2 Å². The van der Waals surface area contributed by atoms with E-state index >= 15 is 0 Å². The summed E-state index contributed by atoms with van der Waals surface area (Å²) >= 11 is 5.93. The molecule has 0 unspecified atom stereocenters. The molecule has 1 amide bonds. The van der Waals surface area contributed by atoms with Crippen LogP contribution in [0, 0.1) is 0 Å². The van der Waals surface area contributed by atoms with Crippen LogP contribution in [0.15, 0.2) is 18.2 Å². The summed E-state index contributed by atoms with van der Waals surface area (Å²) in [5.74, 6) is -0.0850. The molecule has 5 heteroatoms. The molecule has 1 aromatic carbocycles. The summed E-state index contributed by atoms with van der Waals surface area (Å²) in [4.78, 5) is 14.4. The second kappa shape index (κ2) is 6.26. The van der Waals surface area contributed by atoms with Crippen LogP contribution in [0.1, 0.15) is 36.0 Å². The number of rotatable bonds is 5. The normalized spacial score (nSPS) is 15.1. The largest absolute Gasteiger partial charge is 0.398 e. The number of halogens is 1. The van der Waals surface area contributed by atoms with Gasteiger partial charge in [0.1, 0.15) is 0 Å². The first-order valence-corrected chi connectivity index (χ1v) is 6.98. The van der Waals surface area contributed by atoms with Crippen LogP contribution in [-0.4, -0.2) is 35.1 Å². The van der Waals surface area contributed by atoms with Crippen LogP contribution < -0.4 is 5.73 Å². The van der Waals surface area contributed by atoms with Crippen LogP contribution in [-0.2, 0) is 0 Å². The van der Waals surface area contributed by atoms with Crippen LogP contribution >= 0.6 is 11.6 Å². The molecule has 3 N–H and O–H groups in total. The molecule has 0 spiro atoms. The lowest BCUT2D eigenvalue weighted by Crippen LogP contribution is -2.45. The number of aliphatic hydroxyl groups is 1. The van der Waals surface area contributed by atoms with Crippen molar-refractivity contribution in [2.45, 2.75) is 31.7 Å². The van der Waals surface area contributed by atoms with Crippen molar-refractivity contribution in [1.29, 1.82) is 0 Å². The van der Waals surface area contributed by atoms with Crippen molar-refractivity contribution in [1.82, 2.24) is 4.90 Å². The van der Waals surface area contributed by atoms with Gasteiger partial charge in [0.15, 0.2) is 0 Å². The van der Waals surface area contributed by atoms with Crippen molar-refractivity contribution >= 4 is 23.2 Å². The Hall–Kier alpha value is -1.26. The summed E-state index contributed by atoms with van der Waals surface area (Å²) in [7, 11) is 0. The summed E-state index contributed by atoms with van der Waals surface area (Å²) in [6, 6.07) is 5.22. The van der Waals surface area contributed by atoms with E-state index in [1.165, 1.54) is 0 Å². The average molecular weight is 283 g/mol. The molecule has 0 aliphatic heterocycles. The quantitative estimate of drug-likeness (QED) is 0.815. The molecule has 1 fully saturated rings. The van der Waals surface area contributed by atoms with Crippen LogP contribution in [0.5, 0.6) is 0 Å². The molecule has 0 heterocycles. The Kier molecular flexibility index (Phi) is 4.66. The minimum atomic E-state index is -0.0850. The number of amides is 1. The van der Waals surface area contributed by atoms with Crippen LogP contribution in [0.4, 0.5) is 5.69 Å². The van der Waals surface area contributed by atoms with Crippen LogP contribution in [0.2, 0.25) is 5.02 Å². The fourth-order valence-corrected chi connectivity index (χ4v) is 2.43. The maximum Gasteiger partial charge on any atom is 0.256 e. The van der Waals surface area contributed by atoms with Gasteiger partial charge in [-0.2, -0.15) is 0 Å². The van der Waals surface area contributed by atoms with Gasteiger partial charge < -0.3 is 15.7 Å². The van der Waals surface area contributed by atoms with Gasteiger partial charge in [0, 0.05) is 29.9 Å². The van der Waals surface area contributed by atoms with Crippen LogP contribution in [0.25, 0.3) is 0 Å². The molecule has 19 heavy (non-hydrogen) atoms. The van der Waals surface area contributed by atoms with Crippen molar-refractivity contribution in [3.8, 4) is 0 Å². The van der Waals surface area contributed by atoms with Gasteiger partial charge in [-0.15, -0.1) is 0 Å². The zero-order valence-electron chi connectivity index (χ0n) is 10.8. The summed E-state index contributed by atoms with van der Waals surface area (Å²) in [6.45, 7) is 0.646. The van der Waals surface area contributed by atoms with Gasteiger partial charge in [-0.3, -0.25) is 4.79 Å². The van der Waals surface area contributed by atoms with E-state index in [1.807, 2.05) is 4.90 Å². The minimum absolute atomic E-state index is 0.0848. The first-order chi connectivity index (χ1) is 9.13. The maximum atomic E-state index is 12.6. The Labute approximate surface area is 118 Å². The van der Waals surface area contributed by atoms with Gasteiger partial charge in [0.2, 0.25) is 0 Å².